The molecule has 0 amide bonds. The Bertz CT molecular complexity index is 1020. The van der Waals surface area contributed by atoms with E-state index in [1.54, 1.807) is 22.8 Å². The number of nitrogens with zero attached hydrogens (tertiary/aromatic N) is 1. The Morgan fingerprint density at radius 1 is 1.31 bits per heavy atom. The average Bonchev–Trinajstić information content (AvgIpc) is 3.18. The monoisotopic (exact) mass is 372 g/mol. The van der Waals surface area contributed by atoms with Gasteiger partial charge in [0.2, 0.25) is 0 Å². The number of benzene rings is 2. The molecular formula is C19H17ClN2O4. The van der Waals surface area contributed by atoms with Crippen molar-refractivity contribution in [2.75, 3.05) is 6.61 Å². The lowest BCUT2D eigenvalue weighted by atomic mass is 10.1. The van der Waals surface area contributed by atoms with Gasteiger partial charge >= 0.3 is 11.7 Å². The number of aromatic nitrogens is 2. The molecule has 1 atom stereocenters. The Morgan fingerprint density at radius 3 is 3.04 bits per heavy atom. The molecule has 1 aliphatic rings. The number of aryl methyl sites for hydroxylation is 1. The van der Waals surface area contributed by atoms with E-state index in [0.717, 1.165) is 16.6 Å². The van der Waals surface area contributed by atoms with Gasteiger partial charge in [-0.05, 0) is 42.3 Å². The summed E-state index contributed by atoms with van der Waals surface area (Å²) in [4.78, 5) is 27.0. The summed E-state index contributed by atoms with van der Waals surface area (Å²) in [5.74, 6) is 0.269. The Labute approximate surface area is 154 Å². The van der Waals surface area contributed by atoms with E-state index < -0.39 is 12.1 Å². The predicted octanol–water partition coefficient (Wildman–Crippen LogP) is 2.92. The van der Waals surface area contributed by atoms with Crippen LogP contribution in [0, 0.1) is 0 Å². The number of imidazole rings is 1. The first-order valence-electron chi connectivity index (χ1n) is 8.41. The largest absolute Gasteiger partial charge is 0.478 e. The van der Waals surface area contributed by atoms with Crippen LogP contribution in [0.15, 0.2) is 47.3 Å². The molecule has 1 aromatic heterocycles. The number of hydrogen-bond acceptors (Lipinski definition) is 4. The lowest BCUT2D eigenvalue weighted by molar-refractivity contribution is -0.151. The minimum Gasteiger partial charge on any atom is -0.478 e. The second kappa shape index (κ2) is 6.88. The number of carbonyl (C=O) groups is 1. The molecule has 0 unspecified atom stereocenters. The lowest BCUT2D eigenvalue weighted by Crippen LogP contribution is -2.28. The number of para-hydroxylation sites is 2. The highest BCUT2D eigenvalue weighted by atomic mass is 35.5. The summed E-state index contributed by atoms with van der Waals surface area (Å²) in [6.45, 7) is 0.694. The molecule has 0 saturated heterocycles. The third-order valence-corrected chi connectivity index (χ3v) is 4.65. The normalized spacial score (nSPS) is 15.7. The maximum atomic E-state index is 12.2. The highest BCUT2D eigenvalue weighted by molar-refractivity contribution is 6.30. The summed E-state index contributed by atoms with van der Waals surface area (Å²) < 4.78 is 12.6. The third kappa shape index (κ3) is 3.20. The van der Waals surface area contributed by atoms with Crippen LogP contribution in [0.3, 0.4) is 0 Å². The average molecular weight is 373 g/mol. The van der Waals surface area contributed by atoms with Gasteiger partial charge in [0.1, 0.15) is 5.75 Å². The molecule has 0 fully saturated rings. The van der Waals surface area contributed by atoms with Crippen LogP contribution < -0.4 is 10.4 Å². The third-order valence-electron chi connectivity index (χ3n) is 4.41. The van der Waals surface area contributed by atoms with Crippen molar-refractivity contribution in [1.82, 2.24) is 9.55 Å². The van der Waals surface area contributed by atoms with Crippen LogP contribution in [0.2, 0.25) is 5.02 Å². The molecule has 1 N–H and O–H groups in total. The number of halogens is 1. The van der Waals surface area contributed by atoms with Crippen LogP contribution in [0.5, 0.6) is 5.75 Å². The Balaban J connectivity index is 1.31. The van der Waals surface area contributed by atoms with Gasteiger partial charge in [-0.1, -0.05) is 23.7 Å². The number of H-pyrrole nitrogens is 1. The fourth-order valence-electron chi connectivity index (χ4n) is 3.17. The molecule has 2 aromatic carbocycles. The van der Waals surface area contributed by atoms with E-state index >= 15 is 0 Å². The minimum atomic E-state index is -0.640. The smallest absolute Gasteiger partial charge is 0.347 e. The van der Waals surface area contributed by atoms with Gasteiger partial charge < -0.3 is 14.5 Å². The summed E-state index contributed by atoms with van der Waals surface area (Å²) in [6, 6.07) is 12.8. The first-order valence-corrected chi connectivity index (χ1v) is 8.79. The highest BCUT2D eigenvalue weighted by Crippen LogP contribution is 2.31. The molecule has 0 aliphatic carbocycles. The van der Waals surface area contributed by atoms with E-state index in [1.807, 2.05) is 24.3 Å². The topological polar surface area (TPSA) is 73.3 Å². The highest BCUT2D eigenvalue weighted by Gasteiger charge is 2.30. The van der Waals surface area contributed by atoms with Crippen LogP contribution in [-0.4, -0.2) is 28.2 Å². The fraction of sp³-hybridized carbons (Fsp3) is 0.263. The molecule has 0 spiro atoms. The van der Waals surface area contributed by atoms with Crippen LogP contribution >= 0.6 is 11.6 Å². The summed E-state index contributed by atoms with van der Waals surface area (Å²) in [5, 5.41) is 0.616. The Kier molecular flexibility index (Phi) is 4.42. The summed E-state index contributed by atoms with van der Waals surface area (Å²) in [7, 11) is 0. The molecule has 2 heterocycles. The van der Waals surface area contributed by atoms with Crippen molar-refractivity contribution in [3.05, 3.63) is 63.5 Å². The quantitative estimate of drug-likeness (QED) is 0.552. The van der Waals surface area contributed by atoms with Gasteiger partial charge in [-0.2, -0.15) is 0 Å². The van der Waals surface area contributed by atoms with Crippen LogP contribution in [0.1, 0.15) is 12.0 Å². The van der Waals surface area contributed by atoms with Crippen molar-refractivity contribution < 1.29 is 14.3 Å². The number of carbonyl (C=O) groups excluding carboxylic acids is 1. The zero-order chi connectivity index (χ0) is 18.1. The van der Waals surface area contributed by atoms with Crippen molar-refractivity contribution in [3.8, 4) is 5.75 Å². The molecular weight excluding hydrogens is 356 g/mol. The molecule has 26 heavy (non-hydrogen) atoms. The molecule has 0 saturated carbocycles. The van der Waals surface area contributed by atoms with Crippen molar-refractivity contribution in [2.24, 2.45) is 0 Å². The van der Waals surface area contributed by atoms with E-state index in [4.69, 9.17) is 21.1 Å². The molecule has 134 valence electrons. The predicted molar refractivity (Wildman–Crippen MR) is 97.7 cm³/mol. The Hall–Kier alpha value is -2.73. The minimum absolute atomic E-state index is 0.163. The molecule has 4 rings (SSSR count). The van der Waals surface area contributed by atoms with E-state index in [1.165, 1.54) is 0 Å². The molecule has 0 radical (unpaired) electrons. The number of hydrogen-bond donors (Lipinski definition) is 1. The van der Waals surface area contributed by atoms with E-state index in [9.17, 15) is 9.59 Å². The molecule has 1 aliphatic heterocycles. The van der Waals surface area contributed by atoms with Crippen molar-refractivity contribution in [3.63, 3.8) is 0 Å². The van der Waals surface area contributed by atoms with Gasteiger partial charge in [0, 0.05) is 18.0 Å². The van der Waals surface area contributed by atoms with E-state index in [0.29, 0.717) is 30.2 Å². The van der Waals surface area contributed by atoms with Crippen LogP contribution in [0.25, 0.3) is 11.0 Å². The van der Waals surface area contributed by atoms with Gasteiger partial charge in [-0.25, -0.2) is 9.59 Å². The number of ether oxygens (including phenoxy) is 2. The first-order chi connectivity index (χ1) is 12.6. The van der Waals surface area contributed by atoms with Gasteiger partial charge in [-0.15, -0.1) is 0 Å². The van der Waals surface area contributed by atoms with Crippen LogP contribution in [-0.2, 0) is 22.5 Å². The number of aromatic amines is 1. The van der Waals surface area contributed by atoms with Gasteiger partial charge in [0.05, 0.1) is 17.6 Å². The second-order valence-electron chi connectivity index (χ2n) is 6.18. The summed E-state index contributed by atoms with van der Waals surface area (Å²) in [5.41, 5.74) is 2.38. The molecule has 7 heteroatoms. The van der Waals surface area contributed by atoms with Gasteiger partial charge in [0.25, 0.3) is 0 Å². The molecule has 6 nitrogen and oxygen atoms in total. The summed E-state index contributed by atoms with van der Waals surface area (Å²) >= 11 is 5.95. The molecule has 3 aromatic rings. The Morgan fingerprint density at radius 2 is 2.15 bits per heavy atom. The maximum Gasteiger partial charge on any atom is 0.347 e. The number of fused-ring (bicyclic) bond motifs is 2. The van der Waals surface area contributed by atoms with Gasteiger partial charge in [-0.3, -0.25) is 4.57 Å². The first kappa shape index (κ1) is 16.7. The zero-order valence-electron chi connectivity index (χ0n) is 13.9. The van der Waals surface area contributed by atoms with Crippen molar-refractivity contribution in [2.45, 2.75) is 25.5 Å². The second-order valence-corrected chi connectivity index (χ2v) is 6.62. The SMILES string of the molecule is O=C(OCCCn1c(=O)[nH]c2ccccc21)[C@H]1Cc2cc(Cl)ccc2O1. The van der Waals surface area contributed by atoms with E-state index in [2.05, 4.69) is 4.98 Å². The number of nitrogens with one attached hydrogen (secondary N) is 1. The molecule has 0 bridgehead atoms. The lowest BCUT2D eigenvalue weighted by Gasteiger charge is -2.10. The zero-order valence-corrected chi connectivity index (χ0v) is 14.7. The van der Waals surface area contributed by atoms with Crippen molar-refractivity contribution >= 4 is 28.6 Å². The van der Waals surface area contributed by atoms with Crippen LogP contribution in [0.4, 0.5) is 0 Å². The van der Waals surface area contributed by atoms with Gasteiger partial charge in [0.15, 0.2) is 6.10 Å². The maximum absolute atomic E-state index is 12.2. The van der Waals surface area contributed by atoms with E-state index in [-0.39, 0.29) is 12.3 Å². The summed E-state index contributed by atoms with van der Waals surface area (Å²) in [6.07, 6.45) is 0.356. The van der Waals surface area contributed by atoms with Crippen molar-refractivity contribution in [1.29, 1.82) is 0 Å². The number of esters is 1. The standard InChI is InChI=1S/C19H17ClN2O4/c20-13-6-7-16-12(10-13)11-17(26-16)18(23)25-9-3-8-22-15-5-2-1-4-14(15)21-19(22)24/h1-2,4-7,10,17H,3,8-9,11H2,(H,21,24)/t17-/m1/s1. The fourth-order valence-corrected chi connectivity index (χ4v) is 3.36. The number of rotatable bonds is 5.